The molecule has 0 saturated carbocycles. The quantitative estimate of drug-likeness (QED) is 0.328. The summed E-state index contributed by atoms with van der Waals surface area (Å²) < 4.78 is 0. The molecule has 0 aromatic heterocycles. The van der Waals surface area contributed by atoms with Crippen LogP contribution in [0.4, 0.5) is 0 Å². The van der Waals surface area contributed by atoms with E-state index in [-0.39, 0.29) is 0 Å². The highest BCUT2D eigenvalue weighted by Crippen LogP contribution is 1.52. The lowest BCUT2D eigenvalue weighted by atomic mass is 11.9. The highest BCUT2D eigenvalue weighted by atomic mass is 29.2. The van der Waals surface area contributed by atoms with Crippen LogP contribution in [-0.4, -0.2) is 18.3 Å². The summed E-state index contributed by atoms with van der Waals surface area (Å²) in [5, 5.41) is 0. The molecule has 1 atom stereocenters. The topological polar surface area (TPSA) is 19.9 Å². The van der Waals surface area contributed by atoms with Crippen LogP contribution in [0.25, 0.3) is 0 Å². The Labute approximate surface area is 30.6 Å². The van der Waals surface area contributed by atoms with E-state index in [0.29, 0.717) is 0 Å². The first-order chi connectivity index (χ1) is 1.73. The van der Waals surface area contributed by atoms with Crippen LogP contribution in [0.1, 0.15) is 0 Å². The van der Waals surface area contributed by atoms with Crippen LogP contribution in [0.3, 0.4) is 0 Å². The van der Waals surface area contributed by atoms with Gasteiger partial charge < -0.3 is 4.80 Å². The molecule has 0 heterocycles. The third-order valence-electron chi connectivity index (χ3n) is 0. The number of rotatable bonds is 0. The molecule has 0 N–H and O–H groups in total. The van der Waals surface area contributed by atoms with Gasteiger partial charge in [-0.2, -0.15) is 0 Å². The minimum absolute atomic E-state index is 0.932. The van der Waals surface area contributed by atoms with E-state index < -0.39 is 8.56 Å². The Kier molecular flexibility index (Phi) is 1.85. The molecule has 0 spiro atoms. The summed E-state index contributed by atoms with van der Waals surface area (Å²) >= 11 is 0. The van der Waals surface area contributed by atoms with E-state index in [1.807, 2.05) is 6.55 Å². The fraction of sp³-hybridized carbons (Fsp3) is 1.00. The van der Waals surface area contributed by atoms with Gasteiger partial charge >= 0.3 is 0 Å². The van der Waals surface area contributed by atoms with E-state index in [9.17, 15) is 4.80 Å². The van der Waals surface area contributed by atoms with Crippen molar-refractivity contribution in [3.8, 4) is 0 Å². The van der Waals surface area contributed by atoms with Crippen molar-refractivity contribution >= 4 is 18.3 Å². The maximum absolute atomic E-state index is 9.73. The fourth-order valence-electron chi connectivity index (χ4n) is 0. The molecule has 25 valence electrons. The second-order valence-corrected chi connectivity index (χ2v) is 8.02. The monoisotopic (exact) mass is 91.0 g/mol. The van der Waals surface area contributed by atoms with Gasteiger partial charge in [-0.3, -0.25) is 0 Å². The number of hydrogen-bond donors (Lipinski definition) is 0. The van der Waals surface area contributed by atoms with Gasteiger partial charge in [0.2, 0.25) is 0 Å². The molecule has 1 unspecified atom stereocenters. The molecule has 0 bridgehead atoms. The summed E-state index contributed by atoms with van der Waals surface area (Å²) in [6.07, 6.45) is 0. The van der Waals surface area contributed by atoms with Crippen molar-refractivity contribution in [1.82, 2.24) is 0 Å². The molecule has 0 amide bonds. The van der Waals surface area contributed by atoms with Crippen molar-refractivity contribution < 1.29 is 4.80 Å². The molecule has 1 nitrogen and oxygen atoms in total. The Morgan fingerprint density at radius 2 is 2.00 bits per heavy atom. The predicted octanol–water partition coefficient (Wildman–Crippen LogP) is -1.37. The number of hydrogen-bond acceptors (Lipinski definition) is 0. The molecular formula is CH7OSi2. The molecular weight excluding hydrogens is 84.2 g/mol. The maximum Gasteiger partial charge on any atom is 0.195 e. The van der Waals surface area contributed by atoms with Crippen LogP contribution in [0.15, 0.2) is 0 Å². The van der Waals surface area contributed by atoms with Gasteiger partial charge in [-0.25, -0.2) is 0 Å². The highest BCUT2D eigenvalue weighted by Gasteiger charge is 1.79. The fourth-order valence-corrected chi connectivity index (χ4v) is 0. The van der Waals surface area contributed by atoms with Crippen molar-refractivity contribution in [2.45, 2.75) is 6.55 Å². The van der Waals surface area contributed by atoms with Crippen molar-refractivity contribution in [1.29, 1.82) is 0 Å². The third-order valence-corrected chi connectivity index (χ3v) is 0. The lowest BCUT2D eigenvalue weighted by Crippen LogP contribution is -1.99. The largest absolute Gasteiger partial charge is 0.307 e. The first-order valence-electron chi connectivity index (χ1n) is 1.39. The second kappa shape index (κ2) is 1.69. The summed E-state index contributed by atoms with van der Waals surface area (Å²) in [7, 11) is -0.318. The van der Waals surface area contributed by atoms with Crippen LogP contribution >= 0.6 is 0 Å². The first-order valence-corrected chi connectivity index (χ1v) is 7.64. The van der Waals surface area contributed by atoms with Gasteiger partial charge in [0.05, 0.1) is 0 Å². The molecule has 0 aliphatic rings. The molecule has 0 aromatic rings. The smallest absolute Gasteiger partial charge is 0.195 e. The Morgan fingerprint density at radius 3 is 2.00 bits per heavy atom. The standard InChI is InChI=1S/CH7OSi2/c1-4(2)3/h4H,1,3H3. The molecule has 0 fully saturated rings. The maximum atomic E-state index is 9.73. The summed E-state index contributed by atoms with van der Waals surface area (Å²) in [6, 6.07) is 0. The van der Waals surface area contributed by atoms with Crippen LogP contribution in [0, 0.1) is 0 Å². The normalized spacial score (nSPS) is 16.5. The molecule has 1 radical (unpaired) electrons. The first kappa shape index (κ1) is 4.39. The Bertz CT molecular complexity index is 10.8. The van der Waals surface area contributed by atoms with Crippen LogP contribution in [0.2, 0.25) is 6.55 Å². The molecule has 0 rings (SSSR count). The predicted molar refractivity (Wildman–Crippen MR) is 23.6 cm³/mol. The molecule has 4 heavy (non-hydrogen) atoms. The van der Waals surface area contributed by atoms with Gasteiger partial charge in [0.15, 0.2) is 8.56 Å². The zero-order valence-electron chi connectivity index (χ0n) is 2.99. The second-order valence-electron chi connectivity index (χ2n) is 1.05. The van der Waals surface area contributed by atoms with Crippen molar-refractivity contribution in [2.75, 3.05) is 0 Å². The van der Waals surface area contributed by atoms with Crippen molar-refractivity contribution in [2.24, 2.45) is 0 Å². The summed E-state index contributed by atoms with van der Waals surface area (Å²) in [6.45, 7) is 1.81. The average Bonchev–Trinajstić information content (AvgIpc) is 0.811. The molecule has 0 saturated heterocycles. The van der Waals surface area contributed by atoms with E-state index in [2.05, 4.69) is 0 Å². The van der Waals surface area contributed by atoms with Gasteiger partial charge in [-0.05, 0) is 6.55 Å². The molecule has 0 aliphatic carbocycles. The lowest BCUT2D eigenvalue weighted by molar-refractivity contribution is 0.471. The van der Waals surface area contributed by atoms with Crippen LogP contribution in [0.5, 0.6) is 0 Å². The van der Waals surface area contributed by atoms with E-state index in [4.69, 9.17) is 0 Å². The Hall–Kier alpha value is 0.394. The summed E-state index contributed by atoms with van der Waals surface area (Å²) in [5.41, 5.74) is 0. The Balaban J connectivity index is 2.32. The van der Waals surface area contributed by atoms with Gasteiger partial charge in [0, 0.05) is 9.76 Å². The van der Waals surface area contributed by atoms with Gasteiger partial charge in [0.25, 0.3) is 0 Å². The summed E-state index contributed by atoms with van der Waals surface area (Å²) in [4.78, 5) is 9.73. The lowest BCUT2D eigenvalue weighted by Gasteiger charge is -1.70. The van der Waals surface area contributed by atoms with Crippen LogP contribution in [-0.2, 0) is 4.80 Å². The van der Waals surface area contributed by atoms with Gasteiger partial charge in [-0.1, -0.05) is 0 Å². The highest BCUT2D eigenvalue weighted by molar-refractivity contribution is 6.97. The zero-order valence-corrected chi connectivity index (χ0v) is 6.14. The minimum Gasteiger partial charge on any atom is -0.307 e. The minimum atomic E-state index is -1.25. The van der Waals surface area contributed by atoms with E-state index in [1.54, 1.807) is 0 Å². The van der Waals surface area contributed by atoms with E-state index >= 15 is 0 Å². The third kappa shape index (κ3) is 30.0. The summed E-state index contributed by atoms with van der Waals surface area (Å²) in [5.74, 6) is 0. The van der Waals surface area contributed by atoms with E-state index in [0.717, 1.165) is 9.76 Å². The molecule has 0 aliphatic heterocycles. The van der Waals surface area contributed by atoms with Crippen molar-refractivity contribution in [3.05, 3.63) is 0 Å². The average molecular weight is 91.2 g/mol. The SMILES string of the molecule is C[SiH]([O])[SiH3]. The Morgan fingerprint density at radius 1 is 2.00 bits per heavy atom. The molecule has 3 heteroatoms. The van der Waals surface area contributed by atoms with E-state index in [1.165, 1.54) is 0 Å². The molecule has 0 aromatic carbocycles. The van der Waals surface area contributed by atoms with Crippen LogP contribution < -0.4 is 0 Å². The van der Waals surface area contributed by atoms with Gasteiger partial charge in [-0.15, -0.1) is 0 Å². The van der Waals surface area contributed by atoms with Gasteiger partial charge in [0.1, 0.15) is 0 Å². The van der Waals surface area contributed by atoms with Crippen molar-refractivity contribution in [3.63, 3.8) is 0 Å². The zero-order chi connectivity index (χ0) is 3.58.